The van der Waals surface area contributed by atoms with Crippen molar-refractivity contribution in [3.05, 3.63) is 0 Å². The lowest BCUT2D eigenvalue weighted by molar-refractivity contribution is -0.495. The van der Waals surface area contributed by atoms with Crippen molar-refractivity contribution in [2.75, 3.05) is 33.0 Å². The molecular formula is C12H28O7. The molecule has 0 aliphatic carbocycles. The molecule has 0 amide bonds. The van der Waals surface area contributed by atoms with Gasteiger partial charge in [0.15, 0.2) is 0 Å². The fourth-order valence-corrected chi connectivity index (χ4v) is 1.11. The van der Waals surface area contributed by atoms with Crippen LogP contribution in [0.1, 0.15) is 34.6 Å². The first-order chi connectivity index (χ1) is 9.01. The summed E-state index contributed by atoms with van der Waals surface area (Å²) in [5.41, 5.74) is 0. The molecule has 0 atom stereocenters. The lowest BCUT2D eigenvalue weighted by Gasteiger charge is -2.30. The fourth-order valence-electron chi connectivity index (χ4n) is 1.11. The first kappa shape index (κ1) is 21.0. The van der Waals surface area contributed by atoms with Gasteiger partial charge in [0.05, 0.1) is 26.4 Å². The van der Waals surface area contributed by atoms with Gasteiger partial charge in [-0.2, -0.15) is 0 Å². The van der Waals surface area contributed by atoms with Crippen LogP contribution in [-0.4, -0.2) is 55.9 Å². The monoisotopic (exact) mass is 284 g/mol. The van der Waals surface area contributed by atoms with Gasteiger partial charge in [0.25, 0.3) is 6.48 Å². The lowest BCUT2D eigenvalue weighted by atomic mass is 10.7. The second kappa shape index (κ2) is 14.1. The molecule has 0 radical (unpaired) electrons. The standard InChI is InChI=1S/C9H20O4.C3H8O3/c1-5-10-9(11-6-2,12-7-3)13-8-4;1-2-6-3(4)5/h5-8H2,1-4H3;3-5H,2H2,1H3. The van der Waals surface area contributed by atoms with Crippen LogP contribution < -0.4 is 0 Å². The van der Waals surface area contributed by atoms with E-state index in [1.54, 1.807) is 6.92 Å². The molecular weight excluding hydrogens is 256 g/mol. The molecule has 0 heterocycles. The predicted molar refractivity (Wildman–Crippen MR) is 69.1 cm³/mol. The summed E-state index contributed by atoms with van der Waals surface area (Å²) in [5.74, 6) is 0. The molecule has 118 valence electrons. The van der Waals surface area contributed by atoms with Crippen molar-refractivity contribution in [3.63, 3.8) is 0 Å². The molecule has 0 saturated heterocycles. The Hall–Kier alpha value is -0.280. The highest BCUT2D eigenvalue weighted by Crippen LogP contribution is 2.17. The molecule has 0 bridgehead atoms. The summed E-state index contributed by atoms with van der Waals surface area (Å²) in [6.07, 6.45) is -1.30. The molecule has 0 spiro atoms. The SMILES string of the molecule is CCOC(O)O.CCOC(OCC)(OCC)OCC. The highest BCUT2D eigenvalue weighted by molar-refractivity contribution is 4.40. The second-order valence-corrected chi connectivity index (χ2v) is 3.01. The van der Waals surface area contributed by atoms with Gasteiger partial charge in [0.1, 0.15) is 0 Å². The Bertz CT molecular complexity index is 146. The molecule has 0 aromatic heterocycles. The molecule has 0 aromatic rings. The molecule has 7 nitrogen and oxygen atoms in total. The fraction of sp³-hybridized carbons (Fsp3) is 1.00. The van der Waals surface area contributed by atoms with Crippen molar-refractivity contribution >= 4 is 0 Å². The number of ether oxygens (including phenoxy) is 5. The van der Waals surface area contributed by atoms with Gasteiger partial charge < -0.3 is 33.9 Å². The summed E-state index contributed by atoms with van der Waals surface area (Å²) in [6, 6.07) is 0. The smallest absolute Gasteiger partial charge is 0.346 e. The van der Waals surface area contributed by atoms with Crippen LogP contribution in [-0.2, 0) is 23.7 Å². The first-order valence-electron chi connectivity index (χ1n) is 6.55. The molecule has 2 N–H and O–H groups in total. The van der Waals surface area contributed by atoms with E-state index in [4.69, 9.17) is 29.2 Å². The van der Waals surface area contributed by atoms with E-state index >= 15 is 0 Å². The summed E-state index contributed by atoms with van der Waals surface area (Å²) in [7, 11) is 0. The van der Waals surface area contributed by atoms with Gasteiger partial charge in [-0.15, -0.1) is 0 Å². The zero-order valence-corrected chi connectivity index (χ0v) is 12.5. The third-order valence-corrected chi connectivity index (χ3v) is 1.60. The van der Waals surface area contributed by atoms with E-state index in [2.05, 4.69) is 4.74 Å². The molecule has 0 unspecified atom stereocenters. The maximum absolute atomic E-state index is 7.89. The summed E-state index contributed by atoms with van der Waals surface area (Å²) >= 11 is 0. The summed E-state index contributed by atoms with van der Waals surface area (Å²) in [5, 5.41) is 15.8. The number of hydrogen-bond acceptors (Lipinski definition) is 7. The molecule has 19 heavy (non-hydrogen) atoms. The highest BCUT2D eigenvalue weighted by atomic mass is 17.0. The number of aliphatic hydroxyl groups is 2. The average Bonchev–Trinajstić information content (AvgIpc) is 2.31. The normalized spacial score (nSPS) is 11.4. The maximum Gasteiger partial charge on any atom is 0.412 e. The predicted octanol–water partition coefficient (Wildman–Crippen LogP) is 1.03. The van der Waals surface area contributed by atoms with Gasteiger partial charge in [-0.05, 0) is 34.6 Å². The first-order valence-corrected chi connectivity index (χ1v) is 6.55. The van der Waals surface area contributed by atoms with Crippen LogP contribution in [0.2, 0.25) is 0 Å². The van der Waals surface area contributed by atoms with Crippen molar-refractivity contribution < 1.29 is 33.9 Å². The van der Waals surface area contributed by atoms with E-state index in [1.807, 2.05) is 27.7 Å². The quantitative estimate of drug-likeness (QED) is 0.579. The minimum atomic E-state index is -1.60. The van der Waals surface area contributed by atoms with Gasteiger partial charge >= 0.3 is 6.16 Å². The van der Waals surface area contributed by atoms with Gasteiger partial charge in [-0.3, -0.25) is 0 Å². The van der Waals surface area contributed by atoms with E-state index in [1.165, 1.54) is 0 Å². The van der Waals surface area contributed by atoms with Gasteiger partial charge in [-0.25, -0.2) is 0 Å². The van der Waals surface area contributed by atoms with E-state index in [0.717, 1.165) is 0 Å². The van der Waals surface area contributed by atoms with Crippen LogP contribution >= 0.6 is 0 Å². The maximum atomic E-state index is 7.89. The van der Waals surface area contributed by atoms with Gasteiger partial charge in [-0.1, -0.05) is 0 Å². The van der Waals surface area contributed by atoms with E-state index in [9.17, 15) is 0 Å². The Morgan fingerprint density at radius 2 is 1.00 bits per heavy atom. The van der Waals surface area contributed by atoms with Crippen molar-refractivity contribution in [2.24, 2.45) is 0 Å². The Morgan fingerprint density at radius 3 is 1.11 bits per heavy atom. The number of aliphatic hydroxyl groups excluding tert-OH is 1. The minimum Gasteiger partial charge on any atom is -0.346 e. The van der Waals surface area contributed by atoms with E-state index < -0.39 is 12.6 Å². The summed E-state index contributed by atoms with van der Waals surface area (Å²) in [6.45, 7) is 9.82. The molecule has 7 heteroatoms. The van der Waals surface area contributed by atoms with Crippen LogP contribution in [0.15, 0.2) is 0 Å². The topological polar surface area (TPSA) is 86.6 Å². The molecule has 0 saturated carbocycles. The van der Waals surface area contributed by atoms with Gasteiger partial charge in [0.2, 0.25) is 0 Å². The van der Waals surface area contributed by atoms with Crippen molar-refractivity contribution in [3.8, 4) is 0 Å². The molecule has 0 fully saturated rings. The Kier molecular flexibility index (Phi) is 15.6. The highest BCUT2D eigenvalue weighted by Gasteiger charge is 2.33. The zero-order chi connectivity index (χ0) is 15.1. The van der Waals surface area contributed by atoms with Crippen molar-refractivity contribution in [2.45, 2.75) is 47.3 Å². The summed E-state index contributed by atoms with van der Waals surface area (Å²) in [4.78, 5) is 0. The molecule has 0 aliphatic heterocycles. The Balaban J connectivity index is 0. The average molecular weight is 284 g/mol. The molecule has 0 aromatic carbocycles. The number of rotatable bonds is 10. The molecule has 0 rings (SSSR count). The van der Waals surface area contributed by atoms with Crippen LogP contribution in [0, 0.1) is 0 Å². The van der Waals surface area contributed by atoms with Crippen LogP contribution in [0.3, 0.4) is 0 Å². The number of hydrogen-bond donors (Lipinski definition) is 2. The summed E-state index contributed by atoms with van der Waals surface area (Å²) < 4.78 is 25.3. The Labute approximate surface area is 115 Å². The van der Waals surface area contributed by atoms with E-state index in [-0.39, 0.29) is 0 Å². The van der Waals surface area contributed by atoms with Crippen molar-refractivity contribution in [1.82, 2.24) is 0 Å². The van der Waals surface area contributed by atoms with Crippen LogP contribution in [0.4, 0.5) is 0 Å². The lowest BCUT2D eigenvalue weighted by Crippen LogP contribution is -2.42. The van der Waals surface area contributed by atoms with Crippen LogP contribution in [0.25, 0.3) is 0 Å². The molecule has 0 aliphatic rings. The van der Waals surface area contributed by atoms with Crippen molar-refractivity contribution in [1.29, 1.82) is 0 Å². The third kappa shape index (κ3) is 12.5. The minimum absolute atomic E-state index is 0.331. The Morgan fingerprint density at radius 1 is 0.684 bits per heavy atom. The van der Waals surface area contributed by atoms with Crippen LogP contribution in [0.5, 0.6) is 0 Å². The second-order valence-electron chi connectivity index (χ2n) is 3.01. The third-order valence-electron chi connectivity index (χ3n) is 1.60. The largest absolute Gasteiger partial charge is 0.412 e. The van der Waals surface area contributed by atoms with E-state index in [0.29, 0.717) is 33.0 Å². The van der Waals surface area contributed by atoms with Gasteiger partial charge in [0, 0.05) is 6.61 Å². The zero-order valence-electron chi connectivity index (χ0n) is 12.5.